The van der Waals surface area contributed by atoms with Gasteiger partial charge in [0.1, 0.15) is 0 Å². The summed E-state index contributed by atoms with van der Waals surface area (Å²) in [5.41, 5.74) is 4.39. The molecule has 0 saturated carbocycles. The monoisotopic (exact) mass is 217 g/mol. The second-order valence-electron chi connectivity index (χ2n) is 4.40. The topological polar surface area (TPSA) is 37.4 Å². The van der Waals surface area contributed by atoms with E-state index in [0.29, 0.717) is 0 Å². The van der Waals surface area contributed by atoms with Crippen LogP contribution >= 0.6 is 0 Å². The fourth-order valence-electron chi connectivity index (χ4n) is 1.99. The molecule has 1 aliphatic rings. The number of Topliss-reactive ketones (excluding diaryl/α,β-unsaturated/α-hetero) is 1. The molecule has 1 aromatic carbocycles. The summed E-state index contributed by atoms with van der Waals surface area (Å²) in [6.45, 7) is 6.33. The molecule has 0 spiro atoms. The third-order valence-corrected chi connectivity index (χ3v) is 3.21. The molecule has 1 heterocycles. The molecule has 0 bridgehead atoms. The zero-order valence-electron chi connectivity index (χ0n) is 9.83. The zero-order chi connectivity index (χ0) is 11.9. The molecule has 0 radical (unpaired) electrons. The lowest BCUT2D eigenvalue weighted by molar-refractivity contribution is -0.121. The summed E-state index contributed by atoms with van der Waals surface area (Å²) in [6, 6.07) is 3.94. The van der Waals surface area contributed by atoms with Gasteiger partial charge < -0.3 is 4.90 Å². The fraction of sp³-hybridized carbons (Fsp3) is 0.385. The van der Waals surface area contributed by atoms with Crippen molar-refractivity contribution in [2.75, 3.05) is 11.4 Å². The first-order chi connectivity index (χ1) is 7.49. The summed E-state index contributed by atoms with van der Waals surface area (Å²) in [6.07, 6.45) is 0.0476. The van der Waals surface area contributed by atoms with Crippen molar-refractivity contribution < 1.29 is 9.59 Å². The van der Waals surface area contributed by atoms with E-state index in [2.05, 4.69) is 6.92 Å². The summed E-state index contributed by atoms with van der Waals surface area (Å²) in [5.74, 6) is -0.0893. The van der Waals surface area contributed by atoms with Gasteiger partial charge in [-0.3, -0.25) is 9.59 Å². The molecule has 1 aromatic rings. The summed E-state index contributed by atoms with van der Waals surface area (Å²) < 4.78 is 0. The largest absolute Gasteiger partial charge is 0.305 e. The highest BCUT2D eigenvalue weighted by molar-refractivity contribution is 6.15. The van der Waals surface area contributed by atoms with Crippen LogP contribution in [0.1, 0.15) is 23.1 Å². The minimum atomic E-state index is -0.0901. The number of aryl methyl sites for hydroxylation is 2. The van der Waals surface area contributed by atoms with Crippen LogP contribution in [0.25, 0.3) is 0 Å². The molecule has 0 aliphatic carbocycles. The second-order valence-corrected chi connectivity index (χ2v) is 4.40. The maximum atomic E-state index is 11.6. The van der Waals surface area contributed by atoms with Crippen molar-refractivity contribution >= 4 is 17.4 Å². The van der Waals surface area contributed by atoms with Crippen LogP contribution in [-0.2, 0) is 9.59 Å². The molecule has 0 N–H and O–H groups in total. The molecule has 0 unspecified atom stereocenters. The van der Waals surface area contributed by atoms with Gasteiger partial charge in [0.15, 0.2) is 5.78 Å². The highest BCUT2D eigenvalue weighted by Crippen LogP contribution is 2.25. The number of carbonyl (C=O) groups is 2. The van der Waals surface area contributed by atoms with Crippen molar-refractivity contribution in [3.8, 4) is 0 Å². The van der Waals surface area contributed by atoms with E-state index in [1.807, 2.05) is 26.0 Å². The number of ketones is 1. The average Bonchev–Trinajstić information content (AvgIpc) is 2.53. The van der Waals surface area contributed by atoms with E-state index in [4.69, 9.17) is 0 Å². The fourth-order valence-corrected chi connectivity index (χ4v) is 1.99. The van der Waals surface area contributed by atoms with Gasteiger partial charge in [0, 0.05) is 5.69 Å². The standard InChI is InChI=1S/C13H15NO2/c1-8-4-11(5-9(2)10(8)3)14-7-12(15)6-13(14)16/h4-5H,6-7H2,1-3H3. The van der Waals surface area contributed by atoms with Gasteiger partial charge in [-0.1, -0.05) is 0 Å². The predicted molar refractivity (Wildman–Crippen MR) is 62.6 cm³/mol. The van der Waals surface area contributed by atoms with Crippen molar-refractivity contribution in [1.29, 1.82) is 0 Å². The Labute approximate surface area is 95.1 Å². The van der Waals surface area contributed by atoms with E-state index < -0.39 is 0 Å². The number of hydrogen-bond acceptors (Lipinski definition) is 2. The van der Waals surface area contributed by atoms with Crippen LogP contribution < -0.4 is 4.90 Å². The number of nitrogens with zero attached hydrogens (tertiary/aromatic N) is 1. The van der Waals surface area contributed by atoms with Crippen LogP contribution in [0.15, 0.2) is 12.1 Å². The first-order valence-corrected chi connectivity index (χ1v) is 5.39. The van der Waals surface area contributed by atoms with Crippen molar-refractivity contribution in [3.05, 3.63) is 28.8 Å². The van der Waals surface area contributed by atoms with Gasteiger partial charge >= 0.3 is 0 Å². The predicted octanol–water partition coefficient (Wildman–Crippen LogP) is 1.92. The molecule has 0 aromatic heterocycles. The SMILES string of the molecule is Cc1cc(N2CC(=O)CC2=O)cc(C)c1C. The lowest BCUT2D eigenvalue weighted by Crippen LogP contribution is -2.24. The highest BCUT2D eigenvalue weighted by Gasteiger charge is 2.28. The van der Waals surface area contributed by atoms with E-state index in [-0.39, 0.29) is 24.7 Å². The number of carbonyl (C=O) groups excluding carboxylic acids is 2. The van der Waals surface area contributed by atoms with E-state index in [1.165, 1.54) is 5.56 Å². The normalized spacial score (nSPS) is 16.1. The number of amides is 1. The first kappa shape index (κ1) is 10.9. The molecule has 1 fully saturated rings. The Morgan fingerprint density at radius 3 is 2.06 bits per heavy atom. The lowest BCUT2D eigenvalue weighted by Gasteiger charge is -2.17. The second kappa shape index (κ2) is 3.74. The minimum Gasteiger partial charge on any atom is -0.305 e. The molecule has 2 rings (SSSR count). The molecule has 0 atom stereocenters. The average molecular weight is 217 g/mol. The first-order valence-electron chi connectivity index (χ1n) is 5.39. The Hall–Kier alpha value is -1.64. The van der Waals surface area contributed by atoms with Crippen LogP contribution in [0.3, 0.4) is 0 Å². The van der Waals surface area contributed by atoms with Gasteiger partial charge in [0.05, 0.1) is 13.0 Å². The summed E-state index contributed by atoms with van der Waals surface area (Å²) in [7, 11) is 0. The van der Waals surface area contributed by atoms with Crippen LogP contribution in [-0.4, -0.2) is 18.2 Å². The van der Waals surface area contributed by atoms with Crippen LogP contribution in [0, 0.1) is 20.8 Å². The number of hydrogen-bond donors (Lipinski definition) is 0. The zero-order valence-corrected chi connectivity index (χ0v) is 9.83. The number of anilines is 1. The minimum absolute atomic E-state index is 0.000816. The molecule has 1 aliphatic heterocycles. The number of benzene rings is 1. The van der Waals surface area contributed by atoms with Gasteiger partial charge in [-0.05, 0) is 49.6 Å². The summed E-state index contributed by atoms with van der Waals surface area (Å²) >= 11 is 0. The maximum absolute atomic E-state index is 11.6. The molecule has 84 valence electrons. The molecule has 16 heavy (non-hydrogen) atoms. The third-order valence-electron chi connectivity index (χ3n) is 3.21. The molecule has 1 amide bonds. The maximum Gasteiger partial charge on any atom is 0.234 e. The Balaban J connectivity index is 2.42. The van der Waals surface area contributed by atoms with Crippen molar-refractivity contribution in [2.45, 2.75) is 27.2 Å². The Kier molecular flexibility index (Phi) is 2.54. The van der Waals surface area contributed by atoms with Gasteiger partial charge in [-0.25, -0.2) is 0 Å². The van der Waals surface area contributed by atoms with E-state index in [9.17, 15) is 9.59 Å². The molecule has 3 nitrogen and oxygen atoms in total. The quantitative estimate of drug-likeness (QED) is 0.674. The van der Waals surface area contributed by atoms with Gasteiger partial charge in [-0.15, -0.1) is 0 Å². The van der Waals surface area contributed by atoms with Gasteiger partial charge in [0.25, 0.3) is 0 Å². The number of rotatable bonds is 1. The summed E-state index contributed by atoms with van der Waals surface area (Å²) in [5, 5.41) is 0. The summed E-state index contributed by atoms with van der Waals surface area (Å²) in [4.78, 5) is 24.4. The molecular weight excluding hydrogens is 202 g/mol. The van der Waals surface area contributed by atoms with E-state index >= 15 is 0 Å². The van der Waals surface area contributed by atoms with E-state index in [0.717, 1.165) is 16.8 Å². The van der Waals surface area contributed by atoms with Crippen molar-refractivity contribution in [2.24, 2.45) is 0 Å². The third kappa shape index (κ3) is 1.73. The lowest BCUT2D eigenvalue weighted by atomic mass is 10.0. The highest BCUT2D eigenvalue weighted by atomic mass is 16.2. The van der Waals surface area contributed by atoms with Crippen molar-refractivity contribution in [3.63, 3.8) is 0 Å². The van der Waals surface area contributed by atoms with Gasteiger partial charge in [0.2, 0.25) is 5.91 Å². The molecule has 3 heteroatoms. The Bertz CT molecular complexity index is 454. The van der Waals surface area contributed by atoms with Crippen LogP contribution in [0.2, 0.25) is 0 Å². The smallest absolute Gasteiger partial charge is 0.234 e. The van der Waals surface area contributed by atoms with E-state index in [1.54, 1.807) is 4.90 Å². The molecular formula is C13H15NO2. The van der Waals surface area contributed by atoms with Crippen molar-refractivity contribution in [1.82, 2.24) is 0 Å². The Morgan fingerprint density at radius 2 is 1.62 bits per heavy atom. The van der Waals surface area contributed by atoms with Crippen LogP contribution in [0.5, 0.6) is 0 Å². The van der Waals surface area contributed by atoms with Gasteiger partial charge in [-0.2, -0.15) is 0 Å². The van der Waals surface area contributed by atoms with Crippen LogP contribution in [0.4, 0.5) is 5.69 Å². The Morgan fingerprint density at radius 1 is 1.06 bits per heavy atom. The molecule has 1 saturated heterocycles.